The van der Waals surface area contributed by atoms with Gasteiger partial charge in [-0.3, -0.25) is 0 Å². The van der Waals surface area contributed by atoms with Crippen molar-refractivity contribution in [3.63, 3.8) is 0 Å². The predicted octanol–water partition coefficient (Wildman–Crippen LogP) is 2.53. The van der Waals surface area contributed by atoms with E-state index in [2.05, 4.69) is 0 Å². The molecule has 1 fully saturated rings. The molecule has 0 aliphatic heterocycles. The summed E-state index contributed by atoms with van der Waals surface area (Å²) in [4.78, 5) is 0. The molecule has 0 aromatic heterocycles. The molecular weight excluding hydrogens is 212 g/mol. The fourth-order valence-corrected chi connectivity index (χ4v) is 1.92. The van der Waals surface area contributed by atoms with Crippen molar-refractivity contribution in [1.82, 2.24) is 0 Å². The topological polar surface area (TPSA) is 35.2 Å². The van der Waals surface area contributed by atoms with Crippen LogP contribution in [0.2, 0.25) is 0 Å². The Hall–Kier alpha value is -1.16. The number of hydrogen-bond donors (Lipinski definition) is 1. The van der Waals surface area contributed by atoms with Crippen LogP contribution in [0.5, 0.6) is 5.75 Å². The van der Waals surface area contributed by atoms with Crippen LogP contribution in [0.15, 0.2) is 24.3 Å². The first kappa shape index (κ1) is 11.3. The molecule has 1 aromatic carbocycles. The Morgan fingerprint density at radius 3 is 2.62 bits per heavy atom. The highest BCUT2D eigenvalue weighted by Gasteiger charge is 2.61. The van der Waals surface area contributed by atoms with Gasteiger partial charge in [0.1, 0.15) is 5.75 Å². The van der Waals surface area contributed by atoms with E-state index in [1.54, 1.807) is 12.1 Å². The van der Waals surface area contributed by atoms with Gasteiger partial charge in [0.2, 0.25) is 0 Å². The third-order valence-electron chi connectivity index (χ3n) is 3.34. The van der Waals surface area contributed by atoms with Gasteiger partial charge in [0.25, 0.3) is 5.92 Å². The number of hydrogen-bond acceptors (Lipinski definition) is 2. The predicted molar refractivity (Wildman–Crippen MR) is 57.6 cm³/mol. The summed E-state index contributed by atoms with van der Waals surface area (Å²) in [6.45, 7) is 0.0250. The molecule has 0 unspecified atom stereocenters. The maximum atomic E-state index is 14.2. The van der Waals surface area contributed by atoms with E-state index in [4.69, 9.17) is 10.5 Å². The van der Waals surface area contributed by atoms with Crippen molar-refractivity contribution < 1.29 is 13.5 Å². The first-order chi connectivity index (χ1) is 7.55. The minimum absolute atomic E-state index is 0.00481. The first-order valence-electron chi connectivity index (χ1n) is 5.28. The highest BCUT2D eigenvalue weighted by atomic mass is 19.3. The van der Waals surface area contributed by atoms with E-state index in [-0.39, 0.29) is 12.1 Å². The van der Waals surface area contributed by atoms with E-state index in [1.807, 2.05) is 0 Å². The number of benzene rings is 1. The molecule has 4 heteroatoms. The monoisotopic (exact) mass is 227 g/mol. The van der Waals surface area contributed by atoms with Gasteiger partial charge in [0, 0.05) is 12.1 Å². The number of alkyl halides is 2. The summed E-state index contributed by atoms with van der Waals surface area (Å²) in [7, 11) is 1.47. The van der Waals surface area contributed by atoms with Gasteiger partial charge >= 0.3 is 0 Å². The summed E-state index contributed by atoms with van der Waals surface area (Å²) in [6, 6.07) is 6.05. The summed E-state index contributed by atoms with van der Waals surface area (Å²) in [6.07, 6.45) is 0.988. The summed E-state index contributed by atoms with van der Waals surface area (Å²) < 4.78 is 33.3. The van der Waals surface area contributed by atoms with Gasteiger partial charge in [-0.25, -0.2) is 8.78 Å². The van der Waals surface area contributed by atoms with E-state index >= 15 is 0 Å². The minimum Gasteiger partial charge on any atom is -0.497 e. The molecule has 88 valence electrons. The largest absolute Gasteiger partial charge is 0.497 e. The molecule has 2 N–H and O–H groups in total. The summed E-state index contributed by atoms with van der Waals surface area (Å²) in [5.74, 6) is -2.42. The van der Waals surface area contributed by atoms with Crippen molar-refractivity contribution in [2.24, 2.45) is 11.1 Å². The van der Waals surface area contributed by atoms with E-state index in [0.717, 1.165) is 0 Å². The Labute approximate surface area is 93.4 Å². The number of halogens is 2. The van der Waals surface area contributed by atoms with Crippen LogP contribution in [-0.4, -0.2) is 13.7 Å². The summed E-state index contributed by atoms with van der Waals surface area (Å²) in [5.41, 5.74) is 4.42. The second kappa shape index (κ2) is 3.70. The Balaban J connectivity index is 2.35. The Morgan fingerprint density at radius 1 is 1.44 bits per heavy atom. The first-order valence-corrected chi connectivity index (χ1v) is 5.28. The van der Waals surface area contributed by atoms with E-state index in [1.165, 1.54) is 19.2 Å². The lowest BCUT2D eigenvalue weighted by atomic mass is 9.91. The molecule has 0 saturated heterocycles. The number of methoxy groups -OCH3 is 1. The van der Waals surface area contributed by atoms with Crippen LogP contribution in [0.4, 0.5) is 8.78 Å². The quantitative estimate of drug-likeness (QED) is 0.857. The van der Waals surface area contributed by atoms with Crippen molar-refractivity contribution in [2.75, 3.05) is 13.7 Å². The molecule has 1 aromatic rings. The van der Waals surface area contributed by atoms with Gasteiger partial charge in [0.15, 0.2) is 0 Å². The molecule has 0 atom stereocenters. The van der Waals surface area contributed by atoms with Crippen molar-refractivity contribution in [1.29, 1.82) is 0 Å². The van der Waals surface area contributed by atoms with Gasteiger partial charge < -0.3 is 10.5 Å². The lowest BCUT2D eigenvalue weighted by Gasteiger charge is -2.26. The molecule has 0 bridgehead atoms. The highest BCUT2D eigenvalue weighted by Crippen LogP contribution is 2.60. The molecule has 0 spiro atoms. The minimum atomic E-state index is -2.86. The zero-order valence-corrected chi connectivity index (χ0v) is 9.17. The van der Waals surface area contributed by atoms with Crippen molar-refractivity contribution in [3.8, 4) is 5.75 Å². The molecule has 1 saturated carbocycles. The van der Waals surface area contributed by atoms with Crippen LogP contribution in [0.25, 0.3) is 0 Å². The third-order valence-corrected chi connectivity index (χ3v) is 3.34. The molecule has 1 aliphatic rings. The van der Waals surface area contributed by atoms with Gasteiger partial charge in [-0.2, -0.15) is 0 Å². The number of rotatable bonds is 4. The SMILES string of the molecule is COc1cccc(C(F)(F)C2(CN)CC2)c1. The van der Waals surface area contributed by atoms with Crippen molar-refractivity contribution >= 4 is 0 Å². The van der Waals surface area contributed by atoms with Crippen LogP contribution < -0.4 is 10.5 Å². The van der Waals surface area contributed by atoms with Gasteiger partial charge in [0.05, 0.1) is 12.5 Å². The Morgan fingerprint density at radius 2 is 2.12 bits per heavy atom. The third kappa shape index (κ3) is 1.57. The molecule has 0 radical (unpaired) electrons. The maximum Gasteiger partial charge on any atom is 0.280 e. The van der Waals surface area contributed by atoms with Gasteiger partial charge in [-0.1, -0.05) is 12.1 Å². The summed E-state index contributed by atoms with van der Waals surface area (Å²) >= 11 is 0. The van der Waals surface area contributed by atoms with Crippen LogP contribution in [0.3, 0.4) is 0 Å². The molecule has 2 nitrogen and oxygen atoms in total. The average Bonchev–Trinajstić information content (AvgIpc) is 3.10. The standard InChI is InChI=1S/C12H15F2NO/c1-16-10-4-2-3-9(7-10)12(13,14)11(8-15)5-6-11/h2-4,7H,5-6,8,15H2,1H3. The summed E-state index contributed by atoms with van der Waals surface area (Å²) in [5, 5.41) is 0. The molecular formula is C12H15F2NO. The Kier molecular flexibility index (Phi) is 2.62. The zero-order valence-electron chi connectivity index (χ0n) is 9.17. The smallest absolute Gasteiger partial charge is 0.280 e. The lowest BCUT2D eigenvalue weighted by molar-refractivity contribution is -0.0763. The number of nitrogens with two attached hydrogens (primary N) is 1. The maximum absolute atomic E-state index is 14.2. The molecule has 1 aliphatic carbocycles. The van der Waals surface area contributed by atoms with E-state index < -0.39 is 11.3 Å². The molecule has 2 rings (SSSR count). The lowest BCUT2D eigenvalue weighted by Crippen LogP contribution is -2.33. The highest BCUT2D eigenvalue weighted by molar-refractivity contribution is 5.33. The second-order valence-electron chi connectivity index (χ2n) is 4.29. The van der Waals surface area contributed by atoms with Crippen LogP contribution in [0, 0.1) is 5.41 Å². The van der Waals surface area contributed by atoms with Gasteiger partial charge in [-0.05, 0) is 25.0 Å². The van der Waals surface area contributed by atoms with Crippen LogP contribution in [-0.2, 0) is 5.92 Å². The van der Waals surface area contributed by atoms with Crippen molar-refractivity contribution in [3.05, 3.63) is 29.8 Å². The van der Waals surface area contributed by atoms with Crippen molar-refractivity contribution in [2.45, 2.75) is 18.8 Å². The molecule has 0 heterocycles. The fraction of sp³-hybridized carbons (Fsp3) is 0.500. The van der Waals surface area contributed by atoms with E-state index in [9.17, 15) is 8.78 Å². The van der Waals surface area contributed by atoms with Gasteiger partial charge in [-0.15, -0.1) is 0 Å². The van der Waals surface area contributed by atoms with Crippen LogP contribution >= 0.6 is 0 Å². The molecule has 16 heavy (non-hydrogen) atoms. The average molecular weight is 227 g/mol. The second-order valence-corrected chi connectivity index (χ2v) is 4.29. The number of ether oxygens (including phenoxy) is 1. The molecule has 0 amide bonds. The van der Waals surface area contributed by atoms with E-state index in [0.29, 0.717) is 18.6 Å². The fourth-order valence-electron chi connectivity index (χ4n) is 1.92. The normalized spacial score (nSPS) is 18.2. The van der Waals surface area contributed by atoms with Crippen LogP contribution in [0.1, 0.15) is 18.4 Å². The zero-order chi connectivity index (χ0) is 11.8. The Bertz CT molecular complexity index is 388.